The molecule has 0 aliphatic heterocycles. The third-order valence-electron chi connectivity index (χ3n) is 2.87. The quantitative estimate of drug-likeness (QED) is 0.663. The minimum Gasteiger partial charge on any atom is -0.462 e. The summed E-state index contributed by atoms with van der Waals surface area (Å²) in [5.74, 6) is -0.0427. The number of aryl methyl sites for hydroxylation is 1. The summed E-state index contributed by atoms with van der Waals surface area (Å²) >= 11 is 5.82. The maximum Gasteiger partial charge on any atom is 0.331 e. The highest BCUT2D eigenvalue weighted by atomic mass is 35.5. The van der Waals surface area contributed by atoms with E-state index in [-0.39, 0.29) is 11.3 Å². The largest absolute Gasteiger partial charge is 0.462 e. The lowest BCUT2D eigenvalue weighted by atomic mass is 10.2. The number of carbonyl (C=O) groups is 2. The van der Waals surface area contributed by atoms with Crippen molar-refractivity contribution >= 4 is 35.2 Å². The van der Waals surface area contributed by atoms with Crippen LogP contribution in [-0.2, 0) is 14.3 Å². The van der Waals surface area contributed by atoms with Crippen LogP contribution in [0, 0.1) is 18.3 Å². The molecule has 0 fully saturated rings. The van der Waals surface area contributed by atoms with E-state index in [1.807, 2.05) is 6.07 Å². The van der Waals surface area contributed by atoms with Crippen molar-refractivity contribution in [2.45, 2.75) is 6.92 Å². The third kappa shape index (κ3) is 5.00. The zero-order valence-electron chi connectivity index (χ0n) is 12.7. The number of nitrogens with zero attached hydrogens (tertiary/aromatic N) is 1. The molecule has 24 heavy (non-hydrogen) atoms. The van der Waals surface area contributed by atoms with E-state index in [4.69, 9.17) is 26.0 Å². The second-order valence-electron chi connectivity index (χ2n) is 4.74. The first-order chi connectivity index (χ1) is 11.5. The van der Waals surface area contributed by atoms with Gasteiger partial charge in [0.1, 0.15) is 17.6 Å². The van der Waals surface area contributed by atoms with Gasteiger partial charge >= 0.3 is 5.97 Å². The van der Waals surface area contributed by atoms with E-state index in [9.17, 15) is 9.59 Å². The molecule has 1 heterocycles. The number of nitrogens with one attached hydrogen (secondary N) is 1. The standard InChI is InChI=1S/C17H13ClN2O4/c1-11-2-5-14(24-11)6-7-17(22)23-10-16(21)20-15-8-13(18)4-3-12(15)9-19/h2-8H,10H2,1H3,(H,20,21). The smallest absolute Gasteiger partial charge is 0.331 e. The van der Waals surface area contributed by atoms with Gasteiger partial charge in [0.25, 0.3) is 5.91 Å². The van der Waals surface area contributed by atoms with Crippen molar-refractivity contribution < 1.29 is 18.7 Å². The van der Waals surface area contributed by atoms with Crippen LogP contribution in [0.5, 0.6) is 0 Å². The highest BCUT2D eigenvalue weighted by Crippen LogP contribution is 2.20. The molecule has 0 aliphatic rings. The Bertz CT molecular complexity index is 833. The molecule has 7 heteroatoms. The summed E-state index contributed by atoms with van der Waals surface area (Å²) in [6, 6.07) is 9.86. The SMILES string of the molecule is Cc1ccc(C=CC(=O)OCC(=O)Nc2cc(Cl)ccc2C#N)o1. The van der Waals surface area contributed by atoms with E-state index in [2.05, 4.69) is 5.32 Å². The summed E-state index contributed by atoms with van der Waals surface area (Å²) in [6.45, 7) is 1.29. The highest BCUT2D eigenvalue weighted by Gasteiger charge is 2.09. The summed E-state index contributed by atoms with van der Waals surface area (Å²) in [6.07, 6.45) is 2.60. The first-order valence-corrected chi connectivity index (χ1v) is 7.26. The topological polar surface area (TPSA) is 92.3 Å². The molecule has 1 N–H and O–H groups in total. The van der Waals surface area contributed by atoms with Crippen LogP contribution in [-0.4, -0.2) is 18.5 Å². The number of nitriles is 1. The molecule has 1 aromatic carbocycles. The molecule has 1 aromatic heterocycles. The molecule has 122 valence electrons. The zero-order chi connectivity index (χ0) is 17.5. The Hall–Kier alpha value is -3.04. The van der Waals surface area contributed by atoms with Gasteiger partial charge in [0.2, 0.25) is 0 Å². The monoisotopic (exact) mass is 344 g/mol. The normalized spacial score (nSPS) is 10.4. The number of ether oxygens (including phenoxy) is 1. The number of benzene rings is 1. The number of hydrogen-bond acceptors (Lipinski definition) is 5. The maximum atomic E-state index is 11.8. The number of halogens is 1. The van der Waals surface area contributed by atoms with Gasteiger partial charge in [-0.1, -0.05) is 11.6 Å². The molecule has 0 aliphatic carbocycles. The van der Waals surface area contributed by atoms with Crippen LogP contribution in [0.15, 0.2) is 40.8 Å². The lowest BCUT2D eigenvalue weighted by molar-refractivity contribution is -0.142. The molecule has 1 amide bonds. The molecule has 0 saturated carbocycles. The molecular formula is C17H13ClN2O4. The minimum atomic E-state index is -0.689. The lowest BCUT2D eigenvalue weighted by Crippen LogP contribution is -2.20. The molecular weight excluding hydrogens is 332 g/mol. The van der Waals surface area contributed by atoms with Gasteiger partial charge in [0, 0.05) is 11.1 Å². The van der Waals surface area contributed by atoms with Crippen molar-refractivity contribution in [3.05, 3.63) is 58.5 Å². The lowest BCUT2D eigenvalue weighted by Gasteiger charge is -2.07. The maximum absolute atomic E-state index is 11.8. The first kappa shape index (κ1) is 17.3. The van der Waals surface area contributed by atoms with Gasteiger partial charge in [-0.05, 0) is 43.3 Å². The molecule has 0 bridgehead atoms. The Balaban J connectivity index is 1.87. The third-order valence-corrected chi connectivity index (χ3v) is 3.10. The zero-order valence-corrected chi connectivity index (χ0v) is 13.5. The van der Waals surface area contributed by atoms with Gasteiger partial charge in [-0.15, -0.1) is 0 Å². The van der Waals surface area contributed by atoms with Crippen molar-refractivity contribution in [2.24, 2.45) is 0 Å². The number of furan rings is 1. The van der Waals surface area contributed by atoms with Crippen molar-refractivity contribution in [3.8, 4) is 6.07 Å². The van der Waals surface area contributed by atoms with E-state index >= 15 is 0 Å². The van der Waals surface area contributed by atoms with Gasteiger partial charge < -0.3 is 14.5 Å². The average molecular weight is 345 g/mol. The Kier molecular flexibility index (Phi) is 5.77. The Morgan fingerprint density at radius 1 is 1.38 bits per heavy atom. The van der Waals surface area contributed by atoms with Crippen LogP contribution in [0.4, 0.5) is 5.69 Å². The van der Waals surface area contributed by atoms with Gasteiger partial charge in [0.05, 0.1) is 11.3 Å². The molecule has 0 radical (unpaired) electrons. The van der Waals surface area contributed by atoms with Crippen LogP contribution < -0.4 is 5.32 Å². The predicted molar refractivity (Wildman–Crippen MR) is 88.2 cm³/mol. The van der Waals surface area contributed by atoms with Gasteiger partial charge in [-0.25, -0.2) is 4.79 Å². The van der Waals surface area contributed by atoms with Crippen molar-refractivity contribution in [1.82, 2.24) is 0 Å². The van der Waals surface area contributed by atoms with Crippen LogP contribution in [0.25, 0.3) is 6.08 Å². The van der Waals surface area contributed by atoms with Gasteiger partial charge in [0.15, 0.2) is 6.61 Å². The van der Waals surface area contributed by atoms with E-state index in [1.54, 1.807) is 19.1 Å². The summed E-state index contributed by atoms with van der Waals surface area (Å²) in [5.41, 5.74) is 0.514. The molecule has 0 spiro atoms. The predicted octanol–water partition coefficient (Wildman–Crippen LogP) is 3.31. The highest BCUT2D eigenvalue weighted by molar-refractivity contribution is 6.31. The molecule has 0 unspecified atom stereocenters. The fourth-order valence-electron chi connectivity index (χ4n) is 1.78. The van der Waals surface area contributed by atoms with E-state index in [0.29, 0.717) is 10.8 Å². The number of rotatable bonds is 5. The van der Waals surface area contributed by atoms with Crippen molar-refractivity contribution in [2.75, 3.05) is 11.9 Å². The molecule has 2 aromatic rings. The fraction of sp³-hybridized carbons (Fsp3) is 0.118. The van der Waals surface area contributed by atoms with Gasteiger partial charge in [-0.3, -0.25) is 4.79 Å². The van der Waals surface area contributed by atoms with E-state index < -0.39 is 18.5 Å². The summed E-state index contributed by atoms with van der Waals surface area (Å²) in [7, 11) is 0. The number of anilines is 1. The van der Waals surface area contributed by atoms with Crippen LogP contribution in [0.3, 0.4) is 0 Å². The summed E-state index contributed by atoms with van der Waals surface area (Å²) in [5, 5.41) is 11.8. The second-order valence-corrected chi connectivity index (χ2v) is 5.18. The van der Waals surface area contributed by atoms with E-state index in [0.717, 1.165) is 11.8 Å². The Morgan fingerprint density at radius 3 is 2.83 bits per heavy atom. The van der Waals surface area contributed by atoms with Crippen LogP contribution >= 0.6 is 11.6 Å². The van der Waals surface area contributed by atoms with Crippen LogP contribution in [0.1, 0.15) is 17.1 Å². The van der Waals surface area contributed by atoms with Crippen LogP contribution in [0.2, 0.25) is 5.02 Å². The number of amides is 1. The number of hydrogen-bond donors (Lipinski definition) is 1. The van der Waals surface area contributed by atoms with Crippen molar-refractivity contribution in [1.29, 1.82) is 5.26 Å². The van der Waals surface area contributed by atoms with E-state index in [1.165, 1.54) is 24.3 Å². The molecule has 0 saturated heterocycles. The summed E-state index contributed by atoms with van der Waals surface area (Å²) in [4.78, 5) is 23.3. The first-order valence-electron chi connectivity index (χ1n) is 6.88. The second kappa shape index (κ2) is 7.99. The molecule has 6 nitrogen and oxygen atoms in total. The minimum absolute atomic E-state index is 0.257. The number of esters is 1. The Morgan fingerprint density at radius 2 is 2.17 bits per heavy atom. The summed E-state index contributed by atoms with van der Waals surface area (Å²) < 4.78 is 10.1. The number of carbonyl (C=O) groups excluding carboxylic acids is 2. The molecule has 0 atom stereocenters. The van der Waals surface area contributed by atoms with Crippen molar-refractivity contribution in [3.63, 3.8) is 0 Å². The average Bonchev–Trinajstić information content (AvgIpc) is 2.97. The fourth-order valence-corrected chi connectivity index (χ4v) is 1.95. The Labute approximate surface area is 143 Å². The molecule has 2 rings (SSSR count). The van der Waals surface area contributed by atoms with Gasteiger partial charge in [-0.2, -0.15) is 5.26 Å².